The summed E-state index contributed by atoms with van der Waals surface area (Å²) in [4.78, 5) is 30.6. The number of hydrogen-bond acceptors (Lipinski definition) is 4. The van der Waals surface area contributed by atoms with Gasteiger partial charge in [0.1, 0.15) is 11.4 Å². The molecule has 1 aliphatic heterocycles. The lowest BCUT2D eigenvalue weighted by Gasteiger charge is -2.22. The Hall–Kier alpha value is -3.86. The number of benzene rings is 3. The Kier molecular flexibility index (Phi) is 6.31. The van der Waals surface area contributed by atoms with Gasteiger partial charge in [0.2, 0.25) is 0 Å². The van der Waals surface area contributed by atoms with Crippen molar-refractivity contribution in [2.45, 2.75) is 27.2 Å². The van der Waals surface area contributed by atoms with Crippen LogP contribution in [-0.4, -0.2) is 25.5 Å². The van der Waals surface area contributed by atoms with Crippen molar-refractivity contribution in [3.8, 4) is 5.75 Å². The average Bonchev–Trinajstić information content (AvgIpc) is 3.09. The van der Waals surface area contributed by atoms with Crippen LogP contribution < -0.4 is 14.5 Å². The molecule has 1 heterocycles. The molecule has 0 bridgehead atoms. The van der Waals surface area contributed by atoms with Crippen LogP contribution in [0.25, 0.3) is 5.57 Å². The number of likely N-dealkylation sites (N-methyl/N-ethyl adjacent to an activating group) is 1. The molecule has 0 saturated heterocycles. The van der Waals surface area contributed by atoms with Gasteiger partial charge in [-0.05, 0) is 67.3 Å². The highest BCUT2D eigenvalue weighted by atomic mass is 16.5. The average molecular weight is 441 g/mol. The first kappa shape index (κ1) is 22.3. The Morgan fingerprint density at radius 3 is 2.24 bits per heavy atom. The van der Waals surface area contributed by atoms with Crippen LogP contribution in [0.4, 0.5) is 11.4 Å². The zero-order valence-corrected chi connectivity index (χ0v) is 19.5. The van der Waals surface area contributed by atoms with Gasteiger partial charge in [0.05, 0.1) is 17.9 Å². The van der Waals surface area contributed by atoms with Gasteiger partial charge in [-0.2, -0.15) is 0 Å². The zero-order chi connectivity index (χ0) is 23.5. The highest BCUT2D eigenvalue weighted by Crippen LogP contribution is 2.37. The van der Waals surface area contributed by atoms with Crippen LogP contribution in [0.5, 0.6) is 5.75 Å². The fourth-order valence-corrected chi connectivity index (χ4v) is 3.99. The van der Waals surface area contributed by atoms with Crippen molar-refractivity contribution in [2.75, 3.05) is 23.5 Å². The first-order valence-electron chi connectivity index (χ1n) is 11.1. The monoisotopic (exact) mass is 440 g/mol. The number of carbonyl (C=O) groups is 2. The van der Waals surface area contributed by atoms with Gasteiger partial charge >= 0.3 is 0 Å². The third-order valence-electron chi connectivity index (χ3n) is 5.76. The molecule has 0 N–H and O–H groups in total. The summed E-state index contributed by atoms with van der Waals surface area (Å²) in [5, 5.41) is 0. The molecule has 3 aromatic rings. The van der Waals surface area contributed by atoms with Crippen LogP contribution in [-0.2, 0) is 9.59 Å². The molecular formula is C28H28N2O3. The second-order valence-corrected chi connectivity index (χ2v) is 8.23. The van der Waals surface area contributed by atoms with Crippen LogP contribution in [0.15, 0.2) is 78.5 Å². The van der Waals surface area contributed by atoms with E-state index in [9.17, 15) is 9.59 Å². The third kappa shape index (κ3) is 4.27. The van der Waals surface area contributed by atoms with E-state index >= 15 is 0 Å². The van der Waals surface area contributed by atoms with Gasteiger partial charge in [0, 0.05) is 12.7 Å². The number of imide groups is 1. The Morgan fingerprint density at radius 1 is 0.879 bits per heavy atom. The maximum absolute atomic E-state index is 13.8. The molecule has 168 valence electrons. The van der Waals surface area contributed by atoms with Crippen molar-refractivity contribution < 1.29 is 14.3 Å². The Labute approximate surface area is 194 Å². The molecule has 4 rings (SSSR count). The lowest BCUT2D eigenvalue weighted by Crippen LogP contribution is -2.34. The summed E-state index contributed by atoms with van der Waals surface area (Å²) in [5.41, 5.74) is 4.72. The Bertz CT molecular complexity index is 1210. The minimum absolute atomic E-state index is 0.325. The predicted molar refractivity (Wildman–Crippen MR) is 132 cm³/mol. The van der Waals surface area contributed by atoms with Crippen LogP contribution in [0, 0.1) is 13.8 Å². The molecule has 0 spiro atoms. The van der Waals surface area contributed by atoms with Crippen LogP contribution in [0.2, 0.25) is 0 Å². The fourth-order valence-electron chi connectivity index (χ4n) is 3.99. The number of para-hydroxylation sites is 1. The number of hydrogen-bond donors (Lipinski definition) is 0. The summed E-state index contributed by atoms with van der Waals surface area (Å²) in [5.74, 6) is 0.0809. The minimum Gasteiger partial charge on any atom is -0.494 e. The largest absolute Gasteiger partial charge is 0.494 e. The van der Waals surface area contributed by atoms with Crippen molar-refractivity contribution >= 4 is 28.8 Å². The predicted octanol–water partition coefficient (Wildman–Crippen LogP) is 5.51. The molecule has 0 radical (unpaired) electrons. The first-order chi connectivity index (χ1) is 15.9. The van der Waals surface area contributed by atoms with E-state index in [2.05, 4.69) is 6.92 Å². The lowest BCUT2D eigenvalue weighted by atomic mass is 10.0. The van der Waals surface area contributed by atoms with Gasteiger partial charge in [0.25, 0.3) is 11.8 Å². The lowest BCUT2D eigenvalue weighted by molar-refractivity contribution is -0.120. The van der Waals surface area contributed by atoms with E-state index in [1.807, 2.05) is 93.7 Å². The van der Waals surface area contributed by atoms with Gasteiger partial charge in [-0.1, -0.05) is 49.4 Å². The van der Waals surface area contributed by atoms with E-state index in [4.69, 9.17) is 4.74 Å². The maximum Gasteiger partial charge on any atom is 0.282 e. The molecule has 33 heavy (non-hydrogen) atoms. The van der Waals surface area contributed by atoms with Gasteiger partial charge in [-0.3, -0.25) is 9.59 Å². The first-order valence-corrected chi connectivity index (χ1v) is 11.1. The summed E-state index contributed by atoms with van der Waals surface area (Å²) in [6.45, 7) is 6.54. The third-order valence-corrected chi connectivity index (χ3v) is 5.76. The standard InChI is InChI=1S/C28H28N2O3/c1-5-17-33-23-15-13-21(14-16-23)25-26(29(4)22-9-7-6-8-10-22)28(32)30(27(25)31)24-18-19(2)11-12-20(24)3/h6-16,18H,5,17H2,1-4H3. The molecule has 0 saturated carbocycles. The number of aryl methyl sites for hydroxylation is 2. The van der Waals surface area contributed by atoms with Gasteiger partial charge in [0.15, 0.2) is 0 Å². The highest BCUT2D eigenvalue weighted by Gasteiger charge is 2.42. The minimum atomic E-state index is -0.332. The summed E-state index contributed by atoms with van der Waals surface area (Å²) >= 11 is 0. The van der Waals surface area contributed by atoms with Gasteiger partial charge in [-0.25, -0.2) is 4.90 Å². The number of carbonyl (C=O) groups excluding carboxylic acids is 2. The number of rotatable bonds is 7. The summed E-state index contributed by atoms with van der Waals surface area (Å²) in [7, 11) is 1.82. The second kappa shape index (κ2) is 9.33. The molecule has 0 aromatic heterocycles. The van der Waals surface area contributed by atoms with Crippen LogP contribution in [0.1, 0.15) is 30.0 Å². The highest BCUT2D eigenvalue weighted by molar-refractivity contribution is 6.46. The molecular weight excluding hydrogens is 412 g/mol. The zero-order valence-electron chi connectivity index (χ0n) is 19.5. The smallest absolute Gasteiger partial charge is 0.282 e. The number of amides is 2. The second-order valence-electron chi connectivity index (χ2n) is 8.23. The SMILES string of the molecule is CCCOc1ccc(C2=C(N(C)c3ccccc3)C(=O)N(c3cc(C)ccc3C)C2=O)cc1. The van der Waals surface area contributed by atoms with E-state index in [0.29, 0.717) is 29.1 Å². The normalized spacial score (nSPS) is 13.6. The number of anilines is 2. The summed E-state index contributed by atoms with van der Waals surface area (Å²) in [6.07, 6.45) is 0.913. The quantitative estimate of drug-likeness (QED) is 0.455. The molecule has 0 fully saturated rings. The summed E-state index contributed by atoms with van der Waals surface area (Å²) < 4.78 is 5.69. The van der Waals surface area contributed by atoms with E-state index in [1.165, 1.54) is 4.90 Å². The maximum atomic E-state index is 13.8. The van der Waals surface area contributed by atoms with Crippen molar-refractivity contribution in [2.24, 2.45) is 0 Å². The van der Waals surface area contributed by atoms with Gasteiger partial charge < -0.3 is 9.64 Å². The Balaban J connectivity index is 1.83. The molecule has 0 unspecified atom stereocenters. The molecule has 2 amide bonds. The van der Waals surface area contributed by atoms with E-state index in [-0.39, 0.29) is 11.8 Å². The van der Waals surface area contributed by atoms with Crippen molar-refractivity contribution in [1.29, 1.82) is 0 Å². The molecule has 3 aromatic carbocycles. The molecule has 1 aliphatic rings. The van der Waals surface area contributed by atoms with Crippen LogP contribution in [0.3, 0.4) is 0 Å². The van der Waals surface area contributed by atoms with Gasteiger partial charge in [-0.15, -0.1) is 0 Å². The van der Waals surface area contributed by atoms with E-state index in [0.717, 1.165) is 29.0 Å². The van der Waals surface area contributed by atoms with Crippen molar-refractivity contribution in [3.63, 3.8) is 0 Å². The Morgan fingerprint density at radius 2 is 1.58 bits per heavy atom. The molecule has 5 heteroatoms. The van der Waals surface area contributed by atoms with E-state index < -0.39 is 0 Å². The number of nitrogens with zero attached hydrogens (tertiary/aromatic N) is 2. The molecule has 5 nitrogen and oxygen atoms in total. The molecule has 0 atom stereocenters. The summed E-state index contributed by atoms with van der Waals surface area (Å²) in [6, 6.07) is 22.8. The fraction of sp³-hybridized carbons (Fsp3) is 0.214. The van der Waals surface area contributed by atoms with Crippen molar-refractivity contribution in [3.05, 3.63) is 95.2 Å². The topological polar surface area (TPSA) is 49.9 Å². The molecule has 0 aliphatic carbocycles. The van der Waals surface area contributed by atoms with E-state index in [1.54, 1.807) is 4.90 Å². The van der Waals surface area contributed by atoms with Crippen LogP contribution >= 0.6 is 0 Å². The number of ether oxygens (including phenoxy) is 1. The van der Waals surface area contributed by atoms with Crippen molar-refractivity contribution in [1.82, 2.24) is 0 Å².